The van der Waals surface area contributed by atoms with Crippen LogP contribution in [0.4, 0.5) is 30.2 Å². The van der Waals surface area contributed by atoms with Crippen LogP contribution in [-0.2, 0) is 10.5 Å². The minimum atomic E-state index is -1.43. The van der Waals surface area contributed by atoms with E-state index in [4.69, 9.17) is 11.6 Å². The first kappa shape index (κ1) is 27.3. The highest BCUT2D eigenvalue weighted by Gasteiger charge is 2.52. The summed E-state index contributed by atoms with van der Waals surface area (Å²) < 4.78 is 43.6. The van der Waals surface area contributed by atoms with Crippen LogP contribution in [-0.4, -0.2) is 17.0 Å². The zero-order chi connectivity index (χ0) is 28.6. The smallest absolute Gasteiger partial charge is 0.335 e. The Hall–Kier alpha value is -4.23. The van der Waals surface area contributed by atoms with E-state index in [1.807, 2.05) is 0 Å². The molecule has 1 fully saturated rings. The second kappa shape index (κ2) is 10.7. The Balaban J connectivity index is 1.64. The van der Waals surface area contributed by atoms with E-state index in [1.54, 1.807) is 30.3 Å². The van der Waals surface area contributed by atoms with Crippen molar-refractivity contribution in [2.75, 3.05) is 16.0 Å². The van der Waals surface area contributed by atoms with Crippen LogP contribution in [0.15, 0.2) is 48.5 Å². The lowest BCUT2D eigenvalue weighted by Gasteiger charge is -2.43. The van der Waals surface area contributed by atoms with E-state index in [2.05, 4.69) is 16.0 Å². The van der Waals surface area contributed by atoms with Gasteiger partial charge in [0.15, 0.2) is 11.6 Å². The second-order valence-corrected chi connectivity index (χ2v) is 10.5. The third kappa shape index (κ3) is 4.93. The summed E-state index contributed by atoms with van der Waals surface area (Å²) in [5, 5.41) is 28.3. The van der Waals surface area contributed by atoms with E-state index < -0.39 is 52.2 Å². The van der Waals surface area contributed by atoms with Gasteiger partial charge in [0, 0.05) is 17.2 Å². The molecule has 1 aliphatic carbocycles. The number of aromatic carboxylic acids is 1. The van der Waals surface area contributed by atoms with Crippen LogP contribution < -0.4 is 16.0 Å². The van der Waals surface area contributed by atoms with Crippen molar-refractivity contribution in [2.45, 2.75) is 37.8 Å². The zero-order valence-electron chi connectivity index (χ0n) is 21.0. The van der Waals surface area contributed by atoms with Crippen LogP contribution in [0.1, 0.15) is 53.6 Å². The summed E-state index contributed by atoms with van der Waals surface area (Å²) in [5.74, 6) is -6.53. The molecule has 0 spiro atoms. The fourth-order valence-electron chi connectivity index (χ4n) is 5.78. The summed E-state index contributed by atoms with van der Waals surface area (Å²) in [6.07, 6.45) is 3.96. The number of halogens is 4. The SMILES string of the molecule is N#Cc1cc(C(=O)O)cc(F)c1NC(=O)C(C1CCCCC1)C1(c2ccc(Cl)cc2)Nc2cc(F)c(F)cc2N1. The normalized spacial score (nSPS) is 16.7. The van der Waals surface area contributed by atoms with Crippen LogP contribution in [0, 0.1) is 40.6 Å². The number of amides is 1. The lowest BCUT2D eigenvalue weighted by Crippen LogP contribution is -2.54. The summed E-state index contributed by atoms with van der Waals surface area (Å²) in [4.78, 5) is 25.6. The van der Waals surface area contributed by atoms with Gasteiger partial charge in [-0.15, -0.1) is 0 Å². The predicted octanol–water partition coefficient (Wildman–Crippen LogP) is 6.85. The molecule has 2 aliphatic rings. The summed E-state index contributed by atoms with van der Waals surface area (Å²) >= 11 is 6.15. The van der Waals surface area contributed by atoms with Gasteiger partial charge in [-0.2, -0.15) is 5.26 Å². The topological polar surface area (TPSA) is 114 Å². The van der Waals surface area contributed by atoms with Gasteiger partial charge in [-0.1, -0.05) is 43.0 Å². The highest BCUT2D eigenvalue weighted by Crippen LogP contribution is 2.49. The first-order chi connectivity index (χ1) is 19.1. The highest BCUT2D eigenvalue weighted by atomic mass is 35.5. The summed E-state index contributed by atoms with van der Waals surface area (Å²) in [7, 11) is 0. The van der Waals surface area contributed by atoms with Gasteiger partial charge >= 0.3 is 5.97 Å². The molecule has 0 radical (unpaired) electrons. The fourth-order valence-corrected chi connectivity index (χ4v) is 5.91. The van der Waals surface area contributed by atoms with Crippen molar-refractivity contribution in [2.24, 2.45) is 11.8 Å². The number of nitrogens with one attached hydrogen (secondary N) is 3. The van der Waals surface area contributed by atoms with E-state index in [0.29, 0.717) is 23.4 Å². The maximum atomic E-state index is 15.1. The molecule has 0 aromatic heterocycles. The Morgan fingerprint density at radius 1 is 0.975 bits per heavy atom. The second-order valence-electron chi connectivity index (χ2n) is 10.0. The third-order valence-electron chi connectivity index (χ3n) is 7.60. The van der Waals surface area contributed by atoms with Gasteiger partial charge in [0.1, 0.15) is 17.5 Å². The van der Waals surface area contributed by atoms with Crippen LogP contribution in [0.2, 0.25) is 5.02 Å². The van der Waals surface area contributed by atoms with Crippen LogP contribution >= 0.6 is 11.6 Å². The Morgan fingerprint density at radius 3 is 2.12 bits per heavy atom. The average Bonchev–Trinajstić information content (AvgIpc) is 3.29. The highest BCUT2D eigenvalue weighted by molar-refractivity contribution is 6.30. The van der Waals surface area contributed by atoms with E-state index in [-0.39, 0.29) is 22.9 Å². The van der Waals surface area contributed by atoms with Crippen LogP contribution in [0.5, 0.6) is 0 Å². The number of rotatable bonds is 6. The number of benzene rings is 3. The number of carboxylic acids is 1. The minimum Gasteiger partial charge on any atom is -0.478 e. The average molecular weight is 569 g/mol. The largest absolute Gasteiger partial charge is 0.478 e. The number of nitrogens with zero attached hydrogens (tertiary/aromatic N) is 1. The van der Waals surface area contributed by atoms with E-state index in [1.165, 1.54) is 0 Å². The van der Waals surface area contributed by atoms with Crippen LogP contribution in [0.25, 0.3) is 0 Å². The van der Waals surface area contributed by atoms with Crippen molar-refractivity contribution in [3.05, 3.63) is 87.7 Å². The van der Waals surface area contributed by atoms with Crippen molar-refractivity contribution >= 4 is 40.5 Å². The van der Waals surface area contributed by atoms with Gasteiger partial charge in [0.25, 0.3) is 0 Å². The molecule has 1 heterocycles. The van der Waals surface area contributed by atoms with Crippen LogP contribution in [0.3, 0.4) is 0 Å². The Morgan fingerprint density at radius 2 is 1.57 bits per heavy atom. The molecule has 3 aromatic carbocycles. The quantitative estimate of drug-likeness (QED) is 0.258. The predicted molar refractivity (Wildman–Crippen MR) is 144 cm³/mol. The van der Waals surface area contributed by atoms with E-state index in [9.17, 15) is 28.7 Å². The number of anilines is 3. The molecule has 1 amide bonds. The van der Waals surface area contributed by atoms with Gasteiger partial charge < -0.3 is 21.1 Å². The Labute approximate surface area is 233 Å². The van der Waals surface area contributed by atoms with Gasteiger partial charge in [-0.05, 0) is 48.6 Å². The molecule has 4 N–H and O–H groups in total. The fraction of sp³-hybridized carbons (Fsp3) is 0.276. The maximum Gasteiger partial charge on any atom is 0.335 e. The van der Waals surface area contributed by atoms with Gasteiger partial charge in [-0.25, -0.2) is 18.0 Å². The molecule has 1 atom stereocenters. The van der Waals surface area contributed by atoms with Gasteiger partial charge in [-0.3, -0.25) is 4.79 Å². The van der Waals surface area contributed by atoms with Crippen molar-refractivity contribution in [1.82, 2.24) is 0 Å². The number of carbonyl (C=O) groups excluding carboxylic acids is 1. The first-order valence-corrected chi connectivity index (χ1v) is 13.1. The molecule has 0 saturated heterocycles. The van der Waals surface area contributed by atoms with Crippen molar-refractivity contribution in [3.8, 4) is 6.07 Å². The van der Waals surface area contributed by atoms with Crippen molar-refractivity contribution < 1.29 is 27.9 Å². The van der Waals surface area contributed by atoms with Crippen molar-refractivity contribution in [3.63, 3.8) is 0 Å². The first-order valence-electron chi connectivity index (χ1n) is 12.7. The molecule has 3 aromatic rings. The molecule has 1 saturated carbocycles. The molecule has 7 nitrogen and oxygen atoms in total. The molecule has 11 heteroatoms. The number of hydrogen-bond acceptors (Lipinski definition) is 5. The molecule has 206 valence electrons. The monoisotopic (exact) mass is 568 g/mol. The molecular weight excluding hydrogens is 545 g/mol. The maximum absolute atomic E-state index is 15.1. The summed E-state index contributed by atoms with van der Waals surface area (Å²) in [6, 6.07) is 12.1. The lowest BCUT2D eigenvalue weighted by molar-refractivity contribution is -0.124. The zero-order valence-corrected chi connectivity index (χ0v) is 21.8. The molecule has 0 bridgehead atoms. The van der Waals surface area contributed by atoms with Gasteiger partial charge in [0.2, 0.25) is 5.91 Å². The minimum absolute atomic E-state index is 0.233. The molecule has 40 heavy (non-hydrogen) atoms. The van der Waals surface area contributed by atoms with E-state index in [0.717, 1.165) is 43.5 Å². The number of nitriles is 1. The molecule has 5 rings (SSSR count). The molecule has 1 aliphatic heterocycles. The van der Waals surface area contributed by atoms with Crippen molar-refractivity contribution in [1.29, 1.82) is 5.26 Å². The number of carbonyl (C=O) groups is 2. The number of fused-ring (bicyclic) bond motifs is 1. The Kier molecular flexibility index (Phi) is 7.34. The van der Waals surface area contributed by atoms with E-state index >= 15 is 4.39 Å². The summed E-state index contributed by atoms with van der Waals surface area (Å²) in [6.45, 7) is 0. The number of carboxylic acid groups (broad SMARTS) is 1. The molecular formula is C29H24ClF3N4O3. The van der Waals surface area contributed by atoms with Gasteiger partial charge in [0.05, 0.1) is 34.1 Å². The lowest BCUT2D eigenvalue weighted by atomic mass is 9.71. The number of hydrogen-bond donors (Lipinski definition) is 4. The molecule has 1 unspecified atom stereocenters. The summed E-state index contributed by atoms with van der Waals surface area (Å²) in [5.41, 5.74) is -1.65. The third-order valence-corrected chi connectivity index (χ3v) is 7.85. The standard InChI is InChI=1S/C29H24ClF3N4O3/c30-19-8-6-18(7-9-19)29(36-23-12-20(31)21(32)13-24(23)37-29)25(15-4-2-1-3-5-15)27(38)35-26-17(14-34)10-16(28(39)40)11-22(26)33/h6-13,15,25,36-37H,1-5H2,(H,35,38)(H,39,40). The Bertz CT molecular complexity index is 1500.